The van der Waals surface area contributed by atoms with E-state index >= 15 is 0 Å². The number of hydrogen-bond acceptors (Lipinski definition) is 4. The van der Waals surface area contributed by atoms with Crippen LogP contribution in [0.5, 0.6) is 0 Å². The van der Waals surface area contributed by atoms with Gasteiger partial charge in [-0.05, 0) is 55.9 Å². The van der Waals surface area contributed by atoms with Crippen LogP contribution in [0.25, 0.3) is 22.4 Å². The number of aromatic nitrogens is 2. The van der Waals surface area contributed by atoms with Crippen LogP contribution in [0.15, 0.2) is 48.5 Å². The molecule has 2 aliphatic carbocycles. The second kappa shape index (κ2) is 9.38. The van der Waals surface area contributed by atoms with Crippen molar-refractivity contribution in [3.8, 4) is 11.4 Å². The molecule has 2 saturated carbocycles. The van der Waals surface area contributed by atoms with Crippen LogP contribution in [-0.2, 0) is 9.53 Å². The first-order chi connectivity index (χ1) is 16.2. The first-order valence-corrected chi connectivity index (χ1v) is 12.1. The average molecular weight is 446 g/mol. The van der Waals surface area contributed by atoms with Gasteiger partial charge in [0, 0.05) is 11.6 Å². The van der Waals surface area contributed by atoms with Crippen molar-refractivity contribution in [2.45, 2.75) is 63.5 Å². The summed E-state index contributed by atoms with van der Waals surface area (Å²) in [7, 11) is 1.38. The number of para-hydroxylation sites is 2. The SMILES string of the molecule is COC(=O)c1ccc(-c2nc3ccccc3n2C(C(=O)NC2CCCC2)C2CCCC2)cc1. The second-order valence-electron chi connectivity index (χ2n) is 9.34. The molecule has 0 bridgehead atoms. The molecule has 1 atom stereocenters. The highest BCUT2D eigenvalue weighted by molar-refractivity contribution is 5.91. The van der Waals surface area contributed by atoms with Crippen LogP contribution in [0.4, 0.5) is 0 Å². The van der Waals surface area contributed by atoms with Gasteiger partial charge >= 0.3 is 5.97 Å². The predicted molar refractivity (Wildman–Crippen MR) is 128 cm³/mol. The molecule has 5 rings (SSSR count). The number of rotatable bonds is 6. The third-order valence-corrected chi connectivity index (χ3v) is 7.25. The summed E-state index contributed by atoms with van der Waals surface area (Å²) in [6, 6.07) is 15.3. The van der Waals surface area contributed by atoms with Crippen LogP contribution in [-0.4, -0.2) is 34.6 Å². The van der Waals surface area contributed by atoms with Crippen molar-refractivity contribution < 1.29 is 14.3 Å². The largest absolute Gasteiger partial charge is 0.465 e. The number of fused-ring (bicyclic) bond motifs is 1. The molecular formula is C27H31N3O3. The molecule has 1 aromatic heterocycles. The quantitative estimate of drug-likeness (QED) is 0.524. The van der Waals surface area contributed by atoms with Gasteiger partial charge in [0.25, 0.3) is 0 Å². The Labute approximate surface area is 194 Å². The summed E-state index contributed by atoms with van der Waals surface area (Å²) in [5.74, 6) is 0.808. The predicted octanol–water partition coefficient (Wildman–Crippen LogP) is 5.28. The molecule has 172 valence electrons. The Morgan fingerprint density at radius 1 is 0.970 bits per heavy atom. The molecule has 1 amide bonds. The summed E-state index contributed by atoms with van der Waals surface area (Å²) in [5, 5.41) is 3.37. The molecule has 6 nitrogen and oxygen atoms in total. The molecule has 33 heavy (non-hydrogen) atoms. The molecule has 1 N–H and O–H groups in total. The first-order valence-electron chi connectivity index (χ1n) is 12.1. The van der Waals surface area contributed by atoms with Crippen LogP contribution in [0, 0.1) is 5.92 Å². The maximum absolute atomic E-state index is 13.8. The van der Waals surface area contributed by atoms with E-state index in [0.717, 1.165) is 60.9 Å². The second-order valence-corrected chi connectivity index (χ2v) is 9.34. The number of amides is 1. The van der Waals surface area contributed by atoms with Crippen molar-refractivity contribution in [3.05, 3.63) is 54.1 Å². The monoisotopic (exact) mass is 445 g/mol. The molecule has 0 spiro atoms. The Morgan fingerprint density at radius 2 is 1.64 bits per heavy atom. The fourth-order valence-electron chi connectivity index (χ4n) is 5.57. The Morgan fingerprint density at radius 3 is 2.33 bits per heavy atom. The lowest BCUT2D eigenvalue weighted by Crippen LogP contribution is -2.41. The van der Waals surface area contributed by atoms with Gasteiger partial charge in [0.1, 0.15) is 11.9 Å². The number of ether oxygens (including phenoxy) is 1. The smallest absolute Gasteiger partial charge is 0.337 e. The maximum Gasteiger partial charge on any atom is 0.337 e. The van der Waals surface area contributed by atoms with Crippen LogP contribution in [0.3, 0.4) is 0 Å². The molecule has 6 heteroatoms. The standard InChI is InChI=1S/C27H31N3O3/c1-33-27(32)20-16-14-19(15-17-20)25-29-22-12-6-7-13-23(22)30(25)24(18-8-2-3-9-18)26(31)28-21-10-4-5-11-21/h6-7,12-18,21,24H,2-5,8-11H2,1H3,(H,28,31). The van der Waals surface area contributed by atoms with E-state index in [1.165, 1.54) is 20.0 Å². The molecule has 2 aromatic carbocycles. The number of carbonyl (C=O) groups excluding carboxylic acids is 2. The zero-order valence-electron chi connectivity index (χ0n) is 19.1. The maximum atomic E-state index is 13.8. The van der Waals surface area contributed by atoms with E-state index in [9.17, 15) is 9.59 Å². The zero-order valence-corrected chi connectivity index (χ0v) is 19.1. The van der Waals surface area contributed by atoms with E-state index in [2.05, 4.69) is 16.0 Å². The molecule has 3 aromatic rings. The highest BCUT2D eigenvalue weighted by Crippen LogP contribution is 2.39. The molecule has 0 aliphatic heterocycles. The van der Waals surface area contributed by atoms with Gasteiger partial charge in [0.15, 0.2) is 0 Å². The van der Waals surface area contributed by atoms with Gasteiger partial charge in [-0.25, -0.2) is 9.78 Å². The van der Waals surface area contributed by atoms with Gasteiger partial charge in [-0.3, -0.25) is 4.79 Å². The van der Waals surface area contributed by atoms with Gasteiger partial charge in [0.05, 0.1) is 23.7 Å². The molecule has 1 heterocycles. The van der Waals surface area contributed by atoms with E-state index in [4.69, 9.17) is 9.72 Å². The number of nitrogens with zero attached hydrogens (tertiary/aromatic N) is 2. The first kappa shape index (κ1) is 21.7. The molecular weight excluding hydrogens is 414 g/mol. The third kappa shape index (κ3) is 4.26. The van der Waals surface area contributed by atoms with Crippen molar-refractivity contribution in [1.29, 1.82) is 0 Å². The van der Waals surface area contributed by atoms with E-state index in [1.807, 2.05) is 30.3 Å². The van der Waals surface area contributed by atoms with Gasteiger partial charge in [-0.1, -0.05) is 49.9 Å². The summed E-state index contributed by atoms with van der Waals surface area (Å²) in [5.41, 5.74) is 3.23. The Balaban J connectivity index is 1.60. The summed E-state index contributed by atoms with van der Waals surface area (Å²) in [4.78, 5) is 30.6. The molecule has 2 aliphatic rings. The van der Waals surface area contributed by atoms with Crippen LogP contribution < -0.4 is 5.32 Å². The van der Waals surface area contributed by atoms with E-state index in [0.29, 0.717) is 5.56 Å². The fourth-order valence-corrected chi connectivity index (χ4v) is 5.57. The lowest BCUT2D eigenvalue weighted by Gasteiger charge is -2.28. The summed E-state index contributed by atoms with van der Waals surface area (Å²) in [6.45, 7) is 0. The highest BCUT2D eigenvalue weighted by Gasteiger charge is 2.36. The third-order valence-electron chi connectivity index (χ3n) is 7.25. The minimum atomic E-state index is -0.366. The zero-order chi connectivity index (χ0) is 22.8. The van der Waals surface area contributed by atoms with E-state index < -0.39 is 0 Å². The van der Waals surface area contributed by atoms with Crippen LogP contribution in [0.2, 0.25) is 0 Å². The number of imidazole rings is 1. The number of hydrogen-bond donors (Lipinski definition) is 1. The number of methoxy groups -OCH3 is 1. The van der Waals surface area contributed by atoms with E-state index in [1.54, 1.807) is 12.1 Å². The number of benzene rings is 2. The lowest BCUT2D eigenvalue weighted by molar-refractivity contribution is -0.126. The van der Waals surface area contributed by atoms with Crippen molar-refractivity contribution >= 4 is 22.9 Å². The minimum absolute atomic E-state index is 0.115. The summed E-state index contributed by atoms with van der Waals surface area (Å²) < 4.78 is 7.00. The normalized spacial score (nSPS) is 18.0. The van der Waals surface area contributed by atoms with Crippen LogP contribution >= 0.6 is 0 Å². The summed E-state index contributed by atoms with van der Waals surface area (Å²) in [6.07, 6.45) is 8.92. The molecule has 0 radical (unpaired) electrons. The Kier molecular flexibility index (Phi) is 6.16. The van der Waals surface area contributed by atoms with Gasteiger partial charge in [-0.2, -0.15) is 0 Å². The Hall–Kier alpha value is -3.15. The van der Waals surface area contributed by atoms with Crippen molar-refractivity contribution in [2.24, 2.45) is 5.92 Å². The topological polar surface area (TPSA) is 73.2 Å². The van der Waals surface area contributed by atoms with Crippen molar-refractivity contribution in [2.75, 3.05) is 7.11 Å². The van der Waals surface area contributed by atoms with Gasteiger partial charge in [-0.15, -0.1) is 0 Å². The fraction of sp³-hybridized carbons (Fsp3) is 0.444. The Bertz CT molecular complexity index is 1140. The van der Waals surface area contributed by atoms with E-state index in [-0.39, 0.29) is 29.9 Å². The minimum Gasteiger partial charge on any atom is -0.465 e. The van der Waals surface area contributed by atoms with Crippen LogP contribution in [0.1, 0.15) is 67.8 Å². The van der Waals surface area contributed by atoms with Gasteiger partial charge in [0.2, 0.25) is 5.91 Å². The molecule has 2 fully saturated rings. The van der Waals surface area contributed by atoms with Gasteiger partial charge < -0.3 is 14.6 Å². The average Bonchev–Trinajstić information content (AvgIpc) is 3.61. The molecule has 0 saturated heterocycles. The highest BCUT2D eigenvalue weighted by atomic mass is 16.5. The number of esters is 1. The number of nitrogens with one attached hydrogen (secondary N) is 1. The molecule has 1 unspecified atom stereocenters. The number of carbonyl (C=O) groups is 2. The lowest BCUT2D eigenvalue weighted by atomic mass is 9.95. The summed E-state index contributed by atoms with van der Waals surface area (Å²) >= 11 is 0. The van der Waals surface area contributed by atoms with Crippen molar-refractivity contribution in [1.82, 2.24) is 14.9 Å². The van der Waals surface area contributed by atoms with Crippen molar-refractivity contribution in [3.63, 3.8) is 0 Å².